The lowest BCUT2D eigenvalue weighted by atomic mass is 10.0. The number of hydrogen-bond acceptors (Lipinski definition) is 6. The number of amides is 1. The first kappa shape index (κ1) is 19.5. The van der Waals surface area contributed by atoms with Crippen molar-refractivity contribution in [3.05, 3.63) is 64.2 Å². The number of hydrazine groups is 2. The Morgan fingerprint density at radius 3 is 2.66 bits per heavy atom. The average molecular weight is 425 g/mol. The number of carbonyl (C=O) groups excluding carboxylic acids is 1. The molecule has 152 valence electrons. The van der Waals surface area contributed by atoms with E-state index in [1.807, 2.05) is 6.92 Å². The van der Waals surface area contributed by atoms with Crippen molar-refractivity contribution in [3.63, 3.8) is 0 Å². The van der Waals surface area contributed by atoms with E-state index >= 15 is 0 Å². The predicted octanol–water partition coefficient (Wildman–Crippen LogP) is 3.12. The van der Waals surface area contributed by atoms with Crippen LogP contribution in [0.25, 0.3) is 0 Å². The maximum atomic E-state index is 13.1. The van der Waals surface area contributed by atoms with Crippen LogP contribution in [0.2, 0.25) is 5.02 Å². The molecule has 0 saturated heterocycles. The Morgan fingerprint density at radius 1 is 1.24 bits per heavy atom. The number of carbonyl (C=O) groups is 1. The van der Waals surface area contributed by atoms with Crippen molar-refractivity contribution in [2.24, 2.45) is 0 Å². The van der Waals surface area contributed by atoms with Gasteiger partial charge >= 0.3 is 6.18 Å². The first-order chi connectivity index (χ1) is 13.8. The Morgan fingerprint density at radius 2 is 1.97 bits per heavy atom. The molecule has 1 atom stereocenters. The van der Waals surface area contributed by atoms with Gasteiger partial charge in [-0.25, -0.2) is 15.0 Å². The van der Waals surface area contributed by atoms with Gasteiger partial charge in [0.1, 0.15) is 0 Å². The summed E-state index contributed by atoms with van der Waals surface area (Å²) in [4.78, 5) is 22.9. The van der Waals surface area contributed by atoms with E-state index in [0.29, 0.717) is 18.1 Å². The molecule has 0 saturated carbocycles. The normalized spacial score (nSPS) is 19.3. The van der Waals surface area contributed by atoms with Crippen molar-refractivity contribution in [1.29, 1.82) is 0 Å². The number of aromatic nitrogens is 2. The van der Waals surface area contributed by atoms with E-state index < -0.39 is 22.7 Å². The topological polar surface area (TPSA) is 73.4 Å². The number of alkyl halides is 3. The van der Waals surface area contributed by atoms with Gasteiger partial charge in [0.2, 0.25) is 5.95 Å². The molecule has 0 spiro atoms. The molecule has 1 amide bonds. The smallest absolute Gasteiger partial charge is 0.330 e. The quantitative estimate of drug-likeness (QED) is 0.771. The van der Waals surface area contributed by atoms with Gasteiger partial charge in [-0.05, 0) is 25.1 Å². The van der Waals surface area contributed by atoms with Crippen molar-refractivity contribution in [2.45, 2.75) is 25.6 Å². The third-order valence-electron chi connectivity index (χ3n) is 4.83. The highest BCUT2D eigenvalue weighted by molar-refractivity contribution is 6.34. The summed E-state index contributed by atoms with van der Waals surface area (Å²) in [5, 5.41) is 1.10. The molecule has 1 aromatic carbocycles. The van der Waals surface area contributed by atoms with Crippen LogP contribution in [0.15, 0.2) is 48.1 Å². The molecule has 0 unspecified atom stereocenters. The molecule has 0 bridgehead atoms. The second kappa shape index (κ2) is 7.20. The summed E-state index contributed by atoms with van der Waals surface area (Å²) < 4.78 is 39.4. The predicted molar refractivity (Wildman–Crippen MR) is 99.4 cm³/mol. The molecule has 0 radical (unpaired) electrons. The van der Waals surface area contributed by atoms with Crippen molar-refractivity contribution >= 4 is 23.5 Å². The molecule has 2 aliphatic heterocycles. The van der Waals surface area contributed by atoms with E-state index in [-0.39, 0.29) is 18.2 Å². The van der Waals surface area contributed by atoms with Crippen LogP contribution in [0, 0.1) is 0 Å². The molecule has 2 aromatic rings. The van der Waals surface area contributed by atoms with Crippen molar-refractivity contribution in [3.8, 4) is 0 Å². The second-order valence-electron chi connectivity index (χ2n) is 6.70. The van der Waals surface area contributed by atoms with Crippen LogP contribution in [0.1, 0.15) is 29.3 Å². The second-order valence-corrected chi connectivity index (χ2v) is 7.08. The lowest BCUT2D eigenvalue weighted by molar-refractivity contribution is -0.137. The first-order valence-electron chi connectivity index (χ1n) is 8.75. The highest BCUT2D eigenvalue weighted by atomic mass is 35.5. The summed E-state index contributed by atoms with van der Waals surface area (Å²) in [6.07, 6.45) is -0.958. The van der Waals surface area contributed by atoms with E-state index in [1.54, 1.807) is 23.5 Å². The van der Waals surface area contributed by atoms with Crippen LogP contribution in [0.4, 0.5) is 19.1 Å². The minimum absolute atomic E-state index is 0.174. The molecule has 29 heavy (non-hydrogen) atoms. The highest BCUT2D eigenvalue weighted by Gasteiger charge is 2.38. The number of benzene rings is 1. The van der Waals surface area contributed by atoms with Crippen molar-refractivity contribution < 1.29 is 18.0 Å². The largest absolute Gasteiger partial charge is 0.417 e. The molecular weight excluding hydrogens is 409 g/mol. The molecule has 11 heteroatoms. The number of anilines is 1. The molecule has 2 aliphatic rings. The average Bonchev–Trinajstić information content (AvgIpc) is 3.09. The molecule has 0 fully saturated rings. The summed E-state index contributed by atoms with van der Waals surface area (Å²) in [7, 11) is 0. The SMILES string of the molecule is C[C@H]1CC2=C(CN1C(=O)c1cccc(C(F)(F)F)c1Cl)NNN2c1ncccn1. The number of nitrogens with zero attached hydrogens (tertiary/aromatic N) is 4. The van der Waals surface area contributed by atoms with Gasteiger partial charge in [0.25, 0.3) is 5.91 Å². The fraction of sp³-hybridized carbons (Fsp3) is 0.278. The molecule has 0 aliphatic carbocycles. The van der Waals surface area contributed by atoms with Crippen LogP contribution in [-0.2, 0) is 6.18 Å². The Bertz CT molecular complexity index is 981. The summed E-state index contributed by atoms with van der Waals surface area (Å²) in [5.41, 5.74) is 6.31. The Kier molecular flexibility index (Phi) is 4.83. The van der Waals surface area contributed by atoms with Crippen LogP contribution in [0.5, 0.6) is 0 Å². The van der Waals surface area contributed by atoms with Gasteiger partial charge in [0, 0.05) is 24.9 Å². The monoisotopic (exact) mass is 424 g/mol. The van der Waals surface area contributed by atoms with Crippen molar-refractivity contribution in [2.75, 3.05) is 11.6 Å². The van der Waals surface area contributed by atoms with Gasteiger partial charge < -0.3 is 10.3 Å². The summed E-state index contributed by atoms with van der Waals surface area (Å²) in [5.74, 6) is -0.116. The zero-order valence-electron chi connectivity index (χ0n) is 15.2. The van der Waals surface area contributed by atoms with E-state index in [2.05, 4.69) is 20.9 Å². The van der Waals surface area contributed by atoms with Crippen LogP contribution in [0.3, 0.4) is 0 Å². The lowest BCUT2D eigenvalue weighted by Crippen LogP contribution is -2.44. The zero-order valence-corrected chi connectivity index (χ0v) is 15.9. The Labute approximate surface area is 169 Å². The van der Waals surface area contributed by atoms with Gasteiger partial charge in [-0.15, -0.1) is 5.53 Å². The van der Waals surface area contributed by atoms with Gasteiger partial charge in [0.05, 0.1) is 34.1 Å². The van der Waals surface area contributed by atoms with Crippen LogP contribution in [-0.4, -0.2) is 33.4 Å². The zero-order chi connectivity index (χ0) is 20.8. The van der Waals surface area contributed by atoms with Gasteiger partial charge in [-0.1, -0.05) is 17.7 Å². The summed E-state index contributed by atoms with van der Waals surface area (Å²) in [6.45, 7) is 2.00. The first-order valence-corrected chi connectivity index (χ1v) is 9.12. The van der Waals surface area contributed by atoms with Gasteiger partial charge in [-0.3, -0.25) is 4.79 Å². The fourth-order valence-corrected chi connectivity index (χ4v) is 3.69. The molecule has 4 rings (SSSR count). The fourth-order valence-electron chi connectivity index (χ4n) is 3.38. The Balaban J connectivity index is 1.62. The molecule has 3 heterocycles. The number of nitrogens with one attached hydrogen (secondary N) is 2. The van der Waals surface area contributed by atoms with Gasteiger partial charge in [-0.2, -0.15) is 13.2 Å². The standard InChI is InChI=1S/C18H16ClF3N6O/c1-10-8-14-13(25-26-28(14)17-23-6-3-7-24-17)9-27(10)16(29)11-4-2-5-12(15(11)19)18(20,21)22/h2-7,10,25-26H,8-9H2,1H3/t10-/m0/s1. The summed E-state index contributed by atoms with van der Waals surface area (Å²) >= 11 is 5.94. The molecule has 2 N–H and O–H groups in total. The number of rotatable bonds is 2. The highest BCUT2D eigenvalue weighted by Crippen LogP contribution is 2.37. The van der Waals surface area contributed by atoms with E-state index in [9.17, 15) is 18.0 Å². The minimum Gasteiger partial charge on any atom is -0.330 e. The maximum absolute atomic E-state index is 13.1. The third-order valence-corrected chi connectivity index (χ3v) is 5.24. The van der Waals surface area contributed by atoms with E-state index in [1.165, 1.54) is 17.0 Å². The van der Waals surface area contributed by atoms with Crippen molar-refractivity contribution in [1.82, 2.24) is 25.8 Å². The van der Waals surface area contributed by atoms with Gasteiger partial charge in [0.15, 0.2) is 0 Å². The van der Waals surface area contributed by atoms with E-state index in [4.69, 9.17) is 11.6 Å². The minimum atomic E-state index is -4.64. The molecule has 7 nitrogen and oxygen atoms in total. The lowest BCUT2D eigenvalue weighted by Gasteiger charge is -2.35. The van der Waals surface area contributed by atoms with E-state index in [0.717, 1.165) is 11.8 Å². The van der Waals surface area contributed by atoms with Crippen LogP contribution < -0.4 is 16.0 Å². The Hall–Kier alpha value is -2.85. The molecule has 1 aromatic heterocycles. The number of halogens is 4. The molecular formula is C18H16ClF3N6O. The van der Waals surface area contributed by atoms with Crippen LogP contribution >= 0.6 is 11.6 Å². The summed E-state index contributed by atoms with van der Waals surface area (Å²) in [6, 6.07) is 4.77. The third kappa shape index (κ3) is 3.49. The number of hydrogen-bond donors (Lipinski definition) is 2. The maximum Gasteiger partial charge on any atom is 0.417 e.